The summed E-state index contributed by atoms with van der Waals surface area (Å²) in [5.74, 6) is 1.14. The summed E-state index contributed by atoms with van der Waals surface area (Å²) in [5, 5.41) is 28.9. The van der Waals surface area contributed by atoms with Crippen LogP contribution in [0.3, 0.4) is 0 Å². The normalized spacial score (nSPS) is 10.5. The number of ether oxygens (including phenoxy) is 1. The number of carbonyl (C=O) groups is 1. The summed E-state index contributed by atoms with van der Waals surface area (Å²) < 4.78 is 7.44. The number of hydrogen-bond donors (Lipinski definition) is 3. The van der Waals surface area contributed by atoms with Crippen molar-refractivity contribution in [1.82, 2.24) is 9.61 Å². The van der Waals surface area contributed by atoms with Gasteiger partial charge in [0, 0.05) is 11.3 Å². The molecule has 3 N–H and O–H groups in total. The molecular weight excluding hydrogens is 406 g/mol. The van der Waals surface area contributed by atoms with Gasteiger partial charge in [0.2, 0.25) is 5.91 Å². The number of aromatic nitrogens is 2. The Balaban J connectivity index is 1.63. The highest BCUT2D eigenvalue weighted by molar-refractivity contribution is 5.95. The average molecular weight is 427 g/mol. The molecule has 0 aliphatic rings. The lowest BCUT2D eigenvalue weighted by atomic mass is 10.1. The molecule has 2 heterocycles. The zero-order valence-electron chi connectivity index (χ0n) is 17.4. The maximum atomic E-state index is 11.9. The van der Waals surface area contributed by atoms with E-state index in [1.807, 2.05) is 61.5 Å². The quantitative estimate of drug-likeness (QED) is 0.404. The van der Waals surface area contributed by atoms with E-state index in [1.54, 1.807) is 10.7 Å². The molecule has 4 aromatic rings. The molecule has 0 fully saturated rings. The van der Waals surface area contributed by atoms with Gasteiger partial charge in [0.25, 0.3) is 0 Å². The minimum Gasteiger partial charge on any atom is -0.457 e. The van der Waals surface area contributed by atoms with Crippen molar-refractivity contribution in [3.05, 3.63) is 78.1 Å². The number of aliphatic hydroxyl groups is 1. The monoisotopic (exact) mass is 427 g/mol. The molecule has 0 spiro atoms. The molecule has 0 aliphatic heterocycles. The molecule has 0 bridgehead atoms. The van der Waals surface area contributed by atoms with Crippen LogP contribution in [0, 0.1) is 18.3 Å². The number of hydrogen-bond acceptors (Lipinski definition) is 6. The molecule has 32 heavy (non-hydrogen) atoms. The summed E-state index contributed by atoms with van der Waals surface area (Å²) in [6.07, 6.45) is 3.16. The van der Waals surface area contributed by atoms with Gasteiger partial charge in [-0.15, -0.1) is 0 Å². The van der Waals surface area contributed by atoms with Crippen LogP contribution in [-0.4, -0.2) is 27.2 Å². The molecule has 0 saturated carbocycles. The lowest BCUT2D eigenvalue weighted by molar-refractivity contribution is -0.116. The van der Waals surface area contributed by atoms with E-state index in [9.17, 15) is 10.1 Å². The van der Waals surface area contributed by atoms with Gasteiger partial charge in [-0.2, -0.15) is 10.4 Å². The molecule has 4 rings (SSSR count). The van der Waals surface area contributed by atoms with E-state index in [-0.39, 0.29) is 18.9 Å². The third kappa shape index (κ3) is 4.38. The van der Waals surface area contributed by atoms with Crippen LogP contribution in [0.15, 0.2) is 67.0 Å². The van der Waals surface area contributed by atoms with Gasteiger partial charge >= 0.3 is 0 Å². The van der Waals surface area contributed by atoms with Crippen molar-refractivity contribution < 1.29 is 14.6 Å². The zero-order chi connectivity index (χ0) is 22.5. The fourth-order valence-electron chi connectivity index (χ4n) is 3.32. The number of fused-ring (bicyclic) bond motifs is 1. The Morgan fingerprint density at radius 3 is 2.56 bits per heavy atom. The first kappa shape index (κ1) is 20.9. The highest BCUT2D eigenvalue weighted by Crippen LogP contribution is 2.33. The van der Waals surface area contributed by atoms with E-state index in [4.69, 9.17) is 9.84 Å². The summed E-state index contributed by atoms with van der Waals surface area (Å²) in [4.78, 5) is 11.9. The Morgan fingerprint density at radius 2 is 1.88 bits per heavy atom. The van der Waals surface area contributed by atoms with Gasteiger partial charge in [-0.3, -0.25) is 4.79 Å². The smallest absolute Gasteiger partial charge is 0.226 e. The summed E-state index contributed by atoms with van der Waals surface area (Å²) in [5.41, 5.74) is 3.72. The zero-order valence-corrected chi connectivity index (χ0v) is 17.4. The molecule has 0 unspecified atom stereocenters. The predicted octanol–water partition coefficient (Wildman–Crippen LogP) is 4.37. The third-order valence-electron chi connectivity index (χ3n) is 4.89. The SMILES string of the molecule is Cc1c(NC(=O)CCO)cn2ncc(C#N)c(Nc3ccc(Oc4ccccc4)cc3)c12. The van der Waals surface area contributed by atoms with E-state index >= 15 is 0 Å². The second kappa shape index (κ2) is 9.20. The van der Waals surface area contributed by atoms with Crippen LogP contribution >= 0.6 is 0 Å². The number of benzene rings is 2. The highest BCUT2D eigenvalue weighted by atomic mass is 16.5. The fraction of sp³-hybridized carbons (Fsp3) is 0.125. The number of nitrogens with one attached hydrogen (secondary N) is 2. The summed E-state index contributed by atoms with van der Waals surface area (Å²) in [7, 11) is 0. The van der Waals surface area contributed by atoms with Crippen molar-refractivity contribution in [3.8, 4) is 17.6 Å². The third-order valence-corrected chi connectivity index (χ3v) is 4.89. The van der Waals surface area contributed by atoms with E-state index in [2.05, 4.69) is 21.8 Å². The second-order valence-electron chi connectivity index (χ2n) is 7.09. The molecule has 0 aliphatic carbocycles. The first-order chi connectivity index (χ1) is 15.6. The van der Waals surface area contributed by atoms with Crippen molar-refractivity contribution in [3.63, 3.8) is 0 Å². The topological polar surface area (TPSA) is 112 Å². The first-order valence-electron chi connectivity index (χ1n) is 10.0. The maximum Gasteiger partial charge on any atom is 0.226 e. The first-order valence-corrected chi connectivity index (χ1v) is 10.0. The Labute approximate surface area is 184 Å². The molecule has 0 radical (unpaired) electrons. The summed E-state index contributed by atoms with van der Waals surface area (Å²) >= 11 is 0. The van der Waals surface area contributed by atoms with Crippen LogP contribution in [0.2, 0.25) is 0 Å². The van der Waals surface area contributed by atoms with E-state index < -0.39 is 0 Å². The molecular formula is C24H21N5O3. The Kier molecular flexibility index (Phi) is 6.01. The number of carbonyl (C=O) groups excluding carboxylic acids is 1. The summed E-state index contributed by atoms with van der Waals surface area (Å²) in [6, 6.07) is 19.1. The number of nitriles is 1. The average Bonchev–Trinajstić information content (AvgIpc) is 3.11. The number of nitrogens with zero attached hydrogens (tertiary/aromatic N) is 3. The number of para-hydroxylation sites is 1. The predicted molar refractivity (Wildman–Crippen MR) is 121 cm³/mol. The van der Waals surface area contributed by atoms with Crippen LogP contribution in [0.25, 0.3) is 5.52 Å². The molecule has 0 saturated heterocycles. The number of aryl methyl sites for hydroxylation is 1. The molecule has 8 heteroatoms. The van der Waals surface area contributed by atoms with Gasteiger partial charge in [-0.1, -0.05) is 18.2 Å². The van der Waals surface area contributed by atoms with Crippen molar-refractivity contribution >= 4 is 28.5 Å². The maximum absolute atomic E-state index is 11.9. The van der Waals surface area contributed by atoms with Crippen LogP contribution in [0.4, 0.5) is 17.1 Å². The van der Waals surface area contributed by atoms with Crippen LogP contribution < -0.4 is 15.4 Å². The molecule has 0 atom stereocenters. The fourth-order valence-corrected chi connectivity index (χ4v) is 3.32. The van der Waals surface area contributed by atoms with Crippen molar-refractivity contribution in [1.29, 1.82) is 5.26 Å². The van der Waals surface area contributed by atoms with Crippen molar-refractivity contribution in [2.24, 2.45) is 0 Å². The minimum absolute atomic E-state index is 0.00497. The number of amides is 1. The van der Waals surface area contributed by atoms with Gasteiger partial charge in [0.1, 0.15) is 17.6 Å². The Hall–Kier alpha value is -4.35. The number of rotatable bonds is 7. The van der Waals surface area contributed by atoms with Gasteiger partial charge in [-0.25, -0.2) is 4.52 Å². The Bertz CT molecular complexity index is 1290. The van der Waals surface area contributed by atoms with Crippen LogP contribution in [0.1, 0.15) is 17.5 Å². The highest BCUT2D eigenvalue weighted by Gasteiger charge is 2.17. The second-order valence-corrected chi connectivity index (χ2v) is 7.09. The van der Waals surface area contributed by atoms with Crippen molar-refractivity contribution in [2.75, 3.05) is 17.2 Å². The molecule has 1 amide bonds. The molecule has 2 aromatic heterocycles. The van der Waals surface area contributed by atoms with Crippen molar-refractivity contribution in [2.45, 2.75) is 13.3 Å². The molecule has 2 aromatic carbocycles. The van der Waals surface area contributed by atoms with Crippen LogP contribution in [0.5, 0.6) is 11.5 Å². The van der Waals surface area contributed by atoms with E-state index in [0.717, 1.165) is 17.0 Å². The van der Waals surface area contributed by atoms with E-state index in [0.29, 0.717) is 28.2 Å². The Morgan fingerprint density at radius 1 is 1.16 bits per heavy atom. The van der Waals surface area contributed by atoms with Gasteiger partial charge < -0.3 is 20.5 Å². The van der Waals surface area contributed by atoms with E-state index in [1.165, 1.54) is 6.20 Å². The summed E-state index contributed by atoms with van der Waals surface area (Å²) in [6.45, 7) is 1.61. The number of aliphatic hydroxyl groups excluding tert-OH is 1. The standard InChI is InChI=1S/C24H21N5O3/c1-16-21(28-22(31)11-12-30)15-29-24(16)23(17(13-25)14-26-29)27-18-7-9-20(10-8-18)32-19-5-3-2-4-6-19/h2-10,14-15,27,30H,11-12H2,1H3,(H,28,31). The van der Waals surface area contributed by atoms with Gasteiger partial charge in [-0.05, 0) is 43.3 Å². The largest absolute Gasteiger partial charge is 0.457 e. The molecule has 160 valence electrons. The molecule has 8 nitrogen and oxygen atoms in total. The van der Waals surface area contributed by atoms with Gasteiger partial charge in [0.15, 0.2) is 0 Å². The number of anilines is 3. The lowest BCUT2D eigenvalue weighted by Crippen LogP contribution is -2.12. The van der Waals surface area contributed by atoms with Gasteiger partial charge in [0.05, 0.1) is 47.9 Å². The van der Waals surface area contributed by atoms with Crippen LogP contribution in [-0.2, 0) is 4.79 Å². The minimum atomic E-state index is -0.296. The lowest BCUT2D eigenvalue weighted by Gasteiger charge is -2.12.